The second kappa shape index (κ2) is 11.4. The summed E-state index contributed by atoms with van der Waals surface area (Å²) in [7, 11) is 0. The maximum Gasteiger partial charge on any atom is 0.407 e. The summed E-state index contributed by atoms with van der Waals surface area (Å²) < 4.78 is 11.2. The Hall–Kier alpha value is -3.39. The van der Waals surface area contributed by atoms with Crippen molar-refractivity contribution < 1.29 is 29.0 Å². The molecule has 0 aromatic heterocycles. The van der Waals surface area contributed by atoms with Crippen molar-refractivity contribution in [2.24, 2.45) is 11.8 Å². The Bertz CT molecular complexity index is 1030. The van der Waals surface area contributed by atoms with Crippen LogP contribution < -0.4 is 10.6 Å². The van der Waals surface area contributed by atoms with Gasteiger partial charge in [-0.05, 0) is 34.6 Å². The molecule has 0 saturated carbocycles. The van der Waals surface area contributed by atoms with E-state index in [2.05, 4.69) is 34.9 Å². The fourth-order valence-electron chi connectivity index (χ4n) is 4.87. The van der Waals surface area contributed by atoms with E-state index in [9.17, 15) is 14.4 Å². The van der Waals surface area contributed by atoms with Gasteiger partial charge in [0.1, 0.15) is 6.61 Å². The van der Waals surface area contributed by atoms with Gasteiger partial charge in [-0.15, -0.1) is 0 Å². The lowest BCUT2D eigenvalue weighted by atomic mass is 9.98. The zero-order valence-corrected chi connectivity index (χ0v) is 19.9. The van der Waals surface area contributed by atoms with Crippen LogP contribution >= 0.6 is 0 Å². The van der Waals surface area contributed by atoms with Crippen molar-refractivity contribution in [1.29, 1.82) is 0 Å². The van der Waals surface area contributed by atoms with Crippen LogP contribution in [0.15, 0.2) is 48.5 Å². The van der Waals surface area contributed by atoms with Crippen molar-refractivity contribution in [2.45, 2.75) is 38.2 Å². The van der Waals surface area contributed by atoms with E-state index in [0.717, 1.165) is 11.1 Å². The largest absolute Gasteiger partial charge is 0.481 e. The first-order valence-electron chi connectivity index (χ1n) is 12.2. The molecule has 0 bridgehead atoms. The van der Waals surface area contributed by atoms with Crippen molar-refractivity contribution in [1.82, 2.24) is 10.6 Å². The third-order valence-electron chi connectivity index (χ3n) is 6.87. The zero-order chi connectivity index (χ0) is 24.8. The number of ether oxygens (including phenoxy) is 2. The highest BCUT2D eigenvalue weighted by Crippen LogP contribution is 2.44. The molecule has 2 aromatic carbocycles. The molecule has 0 spiro atoms. The summed E-state index contributed by atoms with van der Waals surface area (Å²) in [6, 6.07) is 16.3. The molecule has 8 heteroatoms. The maximum atomic E-state index is 12.4. The van der Waals surface area contributed by atoms with Gasteiger partial charge in [0.2, 0.25) is 5.91 Å². The maximum absolute atomic E-state index is 12.4. The van der Waals surface area contributed by atoms with Crippen molar-refractivity contribution in [3.63, 3.8) is 0 Å². The van der Waals surface area contributed by atoms with Gasteiger partial charge >= 0.3 is 12.1 Å². The summed E-state index contributed by atoms with van der Waals surface area (Å²) in [5, 5.41) is 14.5. The topological polar surface area (TPSA) is 114 Å². The Morgan fingerprint density at radius 3 is 2.34 bits per heavy atom. The second-order valence-corrected chi connectivity index (χ2v) is 9.21. The van der Waals surface area contributed by atoms with E-state index in [1.54, 1.807) is 0 Å². The fraction of sp³-hybridized carbons (Fsp3) is 0.444. The average Bonchev–Trinajstić information content (AvgIpc) is 3.46. The van der Waals surface area contributed by atoms with Gasteiger partial charge in [-0.2, -0.15) is 0 Å². The molecule has 35 heavy (non-hydrogen) atoms. The molecular formula is C27H32N2O6. The summed E-state index contributed by atoms with van der Waals surface area (Å²) in [6.07, 6.45) is 0.422. The normalized spacial score (nSPS) is 19.5. The molecule has 3 unspecified atom stereocenters. The number of carboxylic acid groups (broad SMARTS) is 1. The molecule has 1 heterocycles. The van der Waals surface area contributed by atoms with E-state index in [0.29, 0.717) is 19.4 Å². The van der Waals surface area contributed by atoms with Crippen molar-refractivity contribution in [2.75, 3.05) is 26.3 Å². The zero-order valence-electron chi connectivity index (χ0n) is 19.9. The highest BCUT2D eigenvalue weighted by molar-refractivity contribution is 5.80. The minimum atomic E-state index is -0.866. The van der Waals surface area contributed by atoms with E-state index in [1.165, 1.54) is 11.1 Å². The summed E-state index contributed by atoms with van der Waals surface area (Å²) in [6.45, 7) is 3.02. The number of benzene rings is 2. The molecular weight excluding hydrogens is 448 g/mol. The molecule has 1 saturated heterocycles. The van der Waals surface area contributed by atoms with Gasteiger partial charge in [0.05, 0.1) is 18.6 Å². The molecule has 186 valence electrons. The molecule has 0 radical (unpaired) electrons. The highest BCUT2D eigenvalue weighted by Gasteiger charge is 2.32. The van der Waals surface area contributed by atoms with Gasteiger partial charge in [0.25, 0.3) is 0 Å². The second-order valence-electron chi connectivity index (χ2n) is 9.21. The molecule has 3 N–H and O–H groups in total. The van der Waals surface area contributed by atoms with Crippen LogP contribution in [-0.4, -0.2) is 55.5 Å². The Morgan fingerprint density at radius 2 is 1.71 bits per heavy atom. The third-order valence-corrected chi connectivity index (χ3v) is 6.87. The van der Waals surface area contributed by atoms with Crippen LogP contribution in [-0.2, 0) is 19.1 Å². The molecule has 1 fully saturated rings. The Balaban J connectivity index is 1.20. The van der Waals surface area contributed by atoms with E-state index in [-0.39, 0.29) is 55.9 Å². The minimum Gasteiger partial charge on any atom is -0.481 e. The molecule has 4 rings (SSSR count). The Morgan fingerprint density at radius 1 is 1.06 bits per heavy atom. The molecule has 2 aromatic rings. The van der Waals surface area contributed by atoms with Crippen LogP contribution in [0, 0.1) is 11.8 Å². The first-order chi connectivity index (χ1) is 17.0. The molecule has 8 nitrogen and oxygen atoms in total. The van der Waals surface area contributed by atoms with Crippen LogP contribution in [0.4, 0.5) is 4.79 Å². The van der Waals surface area contributed by atoms with Crippen LogP contribution in [0.3, 0.4) is 0 Å². The first-order valence-corrected chi connectivity index (χ1v) is 12.2. The number of aliphatic carboxylic acids is 1. The number of hydrogen-bond acceptors (Lipinski definition) is 5. The molecule has 2 amide bonds. The lowest BCUT2D eigenvalue weighted by Gasteiger charge is -2.16. The van der Waals surface area contributed by atoms with E-state index in [4.69, 9.17) is 14.6 Å². The molecule has 1 aliphatic carbocycles. The summed E-state index contributed by atoms with van der Waals surface area (Å²) in [5.74, 6) is -1.42. The number of alkyl carbamates (subject to hydrolysis) is 1. The number of carboxylic acids is 1. The predicted molar refractivity (Wildman–Crippen MR) is 130 cm³/mol. The van der Waals surface area contributed by atoms with Gasteiger partial charge in [-0.25, -0.2) is 4.79 Å². The number of hydrogen-bond donors (Lipinski definition) is 3. The van der Waals surface area contributed by atoms with Gasteiger partial charge in [-0.1, -0.05) is 61.9 Å². The molecule has 3 atom stereocenters. The van der Waals surface area contributed by atoms with E-state index >= 15 is 0 Å². The molecule has 1 aliphatic heterocycles. The van der Waals surface area contributed by atoms with Crippen molar-refractivity contribution >= 4 is 18.0 Å². The van der Waals surface area contributed by atoms with E-state index < -0.39 is 12.1 Å². The van der Waals surface area contributed by atoms with Crippen molar-refractivity contribution in [3.8, 4) is 11.1 Å². The lowest BCUT2D eigenvalue weighted by molar-refractivity contribution is -0.138. The number of rotatable bonds is 10. The Labute approximate surface area is 205 Å². The lowest BCUT2D eigenvalue weighted by Crippen LogP contribution is -2.36. The van der Waals surface area contributed by atoms with Gasteiger partial charge < -0.3 is 25.2 Å². The number of carbonyl (C=O) groups excluding carboxylic acids is 2. The SMILES string of the molecule is CCC(CNC(=O)C1COC(CNC(=O)OCC2c3ccccc3-c3ccccc32)C1)CC(=O)O. The summed E-state index contributed by atoms with van der Waals surface area (Å²) in [4.78, 5) is 35.7. The summed E-state index contributed by atoms with van der Waals surface area (Å²) in [5.41, 5.74) is 4.66. The fourth-order valence-corrected chi connectivity index (χ4v) is 4.87. The monoisotopic (exact) mass is 480 g/mol. The van der Waals surface area contributed by atoms with Crippen LogP contribution in [0.1, 0.15) is 43.2 Å². The average molecular weight is 481 g/mol. The minimum absolute atomic E-state index is 0.00275. The predicted octanol–water partition coefficient (Wildman–Crippen LogP) is 3.55. The molecule has 2 aliphatic rings. The number of fused-ring (bicyclic) bond motifs is 3. The Kier molecular flexibility index (Phi) is 8.02. The number of amides is 2. The van der Waals surface area contributed by atoms with Gasteiger partial charge in [0.15, 0.2) is 0 Å². The number of carbonyl (C=O) groups is 3. The first kappa shape index (κ1) is 24.7. The van der Waals surface area contributed by atoms with Crippen molar-refractivity contribution in [3.05, 3.63) is 59.7 Å². The highest BCUT2D eigenvalue weighted by atomic mass is 16.5. The summed E-state index contributed by atoms with van der Waals surface area (Å²) >= 11 is 0. The number of nitrogens with one attached hydrogen (secondary N) is 2. The van der Waals surface area contributed by atoms with Gasteiger partial charge in [-0.3, -0.25) is 9.59 Å². The van der Waals surface area contributed by atoms with Crippen LogP contribution in [0.25, 0.3) is 11.1 Å². The standard InChI is InChI=1S/C27H32N2O6/c1-2-17(11-25(30)31)13-28-26(32)18-12-19(34-15-18)14-29-27(33)35-16-24-22-9-5-3-7-20(22)21-8-4-6-10-23(21)24/h3-10,17-19,24H,2,11-16H2,1H3,(H,28,32)(H,29,33)(H,30,31). The van der Waals surface area contributed by atoms with Crippen LogP contribution in [0.5, 0.6) is 0 Å². The van der Waals surface area contributed by atoms with Crippen LogP contribution in [0.2, 0.25) is 0 Å². The smallest absolute Gasteiger partial charge is 0.407 e. The van der Waals surface area contributed by atoms with Gasteiger partial charge in [0, 0.05) is 25.4 Å². The van der Waals surface area contributed by atoms with E-state index in [1.807, 2.05) is 31.2 Å². The third kappa shape index (κ3) is 6.00. The quantitative estimate of drug-likeness (QED) is 0.479.